The molecule has 1 aliphatic heterocycles. The second-order valence-electron chi connectivity index (χ2n) is 7.17. The molecule has 1 heterocycles. The highest BCUT2D eigenvalue weighted by Crippen LogP contribution is 2.39. The number of rotatable bonds is 6. The van der Waals surface area contributed by atoms with Gasteiger partial charge in [-0.3, -0.25) is 9.59 Å². The minimum Gasteiger partial charge on any atom is -0.356 e. The van der Waals surface area contributed by atoms with Crippen LogP contribution in [0.1, 0.15) is 33.5 Å². The average Bonchev–Trinajstić information content (AvgIpc) is 3.02. The van der Waals surface area contributed by atoms with Gasteiger partial charge in [-0.2, -0.15) is 0 Å². The van der Waals surface area contributed by atoms with E-state index in [1.807, 2.05) is 78.9 Å². The first kappa shape index (κ1) is 19.2. The normalized spacial score (nSPS) is 17.5. The average molecular weight is 405 g/mol. The molecule has 0 spiro atoms. The third-order valence-corrected chi connectivity index (χ3v) is 5.58. The maximum Gasteiger partial charge on any atom is 0.252 e. The largest absolute Gasteiger partial charge is 0.356 e. The van der Waals surface area contributed by atoms with Gasteiger partial charge in [0, 0.05) is 17.1 Å². The molecule has 3 aromatic carbocycles. The number of carbonyl (C=O) groups is 2. The van der Waals surface area contributed by atoms with Crippen LogP contribution < -0.4 is 10.6 Å². The number of hydrogen-bond donors (Lipinski definition) is 2. The molecule has 0 aliphatic carbocycles. The van der Waals surface area contributed by atoms with Crippen LogP contribution >= 0.6 is 11.6 Å². The number of fused-ring (bicyclic) bond motifs is 1. The molecule has 1 atom stereocenters. The van der Waals surface area contributed by atoms with E-state index in [1.54, 1.807) is 0 Å². The highest BCUT2D eigenvalue weighted by atomic mass is 35.5. The molecule has 2 N–H and O–H groups in total. The Morgan fingerprint density at radius 3 is 2.38 bits per heavy atom. The molecule has 0 aromatic heterocycles. The van der Waals surface area contributed by atoms with E-state index in [0.29, 0.717) is 30.0 Å². The lowest BCUT2D eigenvalue weighted by Gasteiger charge is -2.31. The first-order valence-electron chi connectivity index (χ1n) is 9.57. The Labute approximate surface area is 174 Å². The summed E-state index contributed by atoms with van der Waals surface area (Å²) in [5.41, 5.74) is 2.80. The van der Waals surface area contributed by atoms with Gasteiger partial charge in [0.2, 0.25) is 5.91 Å². The lowest BCUT2D eigenvalue weighted by Crippen LogP contribution is -2.43. The van der Waals surface area contributed by atoms with Crippen LogP contribution in [-0.4, -0.2) is 18.4 Å². The fourth-order valence-electron chi connectivity index (χ4n) is 3.92. The van der Waals surface area contributed by atoms with E-state index in [4.69, 9.17) is 11.6 Å². The number of benzene rings is 3. The van der Waals surface area contributed by atoms with E-state index in [9.17, 15) is 9.59 Å². The quantitative estimate of drug-likeness (QED) is 0.650. The van der Waals surface area contributed by atoms with Crippen LogP contribution in [0.25, 0.3) is 0 Å². The van der Waals surface area contributed by atoms with Gasteiger partial charge < -0.3 is 10.6 Å². The Bertz CT molecular complexity index is 1030. The molecular weight excluding hydrogens is 384 g/mol. The fraction of sp³-hybridized carbons (Fsp3) is 0.167. The van der Waals surface area contributed by atoms with Crippen molar-refractivity contribution in [2.75, 3.05) is 6.54 Å². The van der Waals surface area contributed by atoms with Crippen molar-refractivity contribution in [3.63, 3.8) is 0 Å². The summed E-state index contributed by atoms with van der Waals surface area (Å²) < 4.78 is 0. The zero-order valence-corrected chi connectivity index (χ0v) is 16.6. The van der Waals surface area contributed by atoms with Crippen molar-refractivity contribution in [3.05, 3.63) is 106 Å². The molecule has 0 saturated heterocycles. The van der Waals surface area contributed by atoms with Gasteiger partial charge in [-0.15, -0.1) is 0 Å². The van der Waals surface area contributed by atoms with Crippen molar-refractivity contribution < 1.29 is 9.59 Å². The van der Waals surface area contributed by atoms with Crippen LogP contribution in [0.4, 0.5) is 0 Å². The van der Waals surface area contributed by atoms with Crippen molar-refractivity contribution in [2.45, 2.75) is 18.4 Å². The highest BCUT2D eigenvalue weighted by Gasteiger charge is 2.43. The van der Waals surface area contributed by atoms with E-state index in [1.165, 1.54) is 0 Å². The van der Waals surface area contributed by atoms with Gasteiger partial charge in [0.05, 0.1) is 12.0 Å². The van der Waals surface area contributed by atoms with Crippen LogP contribution in [0.2, 0.25) is 5.02 Å². The monoisotopic (exact) mass is 404 g/mol. The third kappa shape index (κ3) is 3.89. The SMILES string of the molecule is O=C(Cc1ccccc1)NCCC1(c2ccc(Cl)cc2)NC(=O)c2ccccc21. The van der Waals surface area contributed by atoms with Crippen molar-refractivity contribution in [1.29, 1.82) is 0 Å². The molecule has 0 bridgehead atoms. The summed E-state index contributed by atoms with van der Waals surface area (Å²) in [5.74, 6) is -0.147. The standard InChI is InChI=1S/C24H21ClN2O2/c25-19-12-10-18(11-13-19)24(21-9-5-4-8-20(21)23(29)27-24)14-15-26-22(28)16-17-6-2-1-3-7-17/h1-13H,14-16H2,(H,26,28)(H,27,29). The molecule has 2 amide bonds. The number of carbonyl (C=O) groups excluding carboxylic acids is 2. The van der Waals surface area contributed by atoms with E-state index in [-0.39, 0.29) is 11.8 Å². The van der Waals surface area contributed by atoms with Crippen LogP contribution in [0.15, 0.2) is 78.9 Å². The van der Waals surface area contributed by atoms with Gasteiger partial charge in [0.1, 0.15) is 0 Å². The first-order chi connectivity index (χ1) is 14.1. The van der Waals surface area contributed by atoms with E-state index < -0.39 is 5.54 Å². The summed E-state index contributed by atoms with van der Waals surface area (Å²) in [6.45, 7) is 0.433. The summed E-state index contributed by atoms with van der Waals surface area (Å²) in [5, 5.41) is 6.79. The van der Waals surface area contributed by atoms with Gasteiger partial charge >= 0.3 is 0 Å². The van der Waals surface area contributed by atoms with Crippen molar-refractivity contribution in [1.82, 2.24) is 10.6 Å². The molecular formula is C24H21ClN2O2. The summed E-state index contributed by atoms with van der Waals surface area (Å²) in [6.07, 6.45) is 0.871. The number of halogens is 1. The molecule has 5 heteroatoms. The van der Waals surface area contributed by atoms with E-state index in [0.717, 1.165) is 16.7 Å². The van der Waals surface area contributed by atoms with E-state index >= 15 is 0 Å². The number of hydrogen-bond acceptors (Lipinski definition) is 2. The molecule has 3 aromatic rings. The summed E-state index contributed by atoms with van der Waals surface area (Å²) >= 11 is 6.07. The van der Waals surface area contributed by atoms with Crippen LogP contribution in [-0.2, 0) is 16.8 Å². The summed E-state index contributed by atoms with van der Waals surface area (Å²) in [6, 6.07) is 24.7. The molecule has 0 radical (unpaired) electrons. The Morgan fingerprint density at radius 1 is 0.931 bits per heavy atom. The van der Waals surface area contributed by atoms with Crippen molar-refractivity contribution in [2.24, 2.45) is 0 Å². The molecule has 0 saturated carbocycles. The second-order valence-corrected chi connectivity index (χ2v) is 7.61. The minimum atomic E-state index is -0.696. The predicted octanol–water partition coefficient (Wildman–Crippen LogP) is 4.08. The highest BCUT2D eigenvalue weighted by molar-refractivity contribution is 6.30. The van der Waals surface area contributed by atoms with Crippen LogP contribution in [0, 0.1) is 0 Å². The molecule has 4 rings (SSSR count). The molecule has 29 heavy (non-hydrogen) atoms. The zero-order chi connectivity index (χ0) is 20.3. The third-order valence-electron chi connectivity index (χ3n) is 5.33. The van der Waals surface area contributed by atoms with Gasteiger partial charge in [-0.1, -0.05) is 72.3 Å². The predicted molar refractivity (Wildman–Crippen MR) is 114 cm³/mol. The van der Waals surface area contributed by atoms with Crippen LogP contribution in [0.3, 0.4) is 0 Å². The maximum atomic E-state index is 12.6. The minimum absolute atomic E-state index is 0.0416. The number of nitrogens with one attached hydrogen (secondary N) is 2. The first-order valence-corrected chi connectivity index (χ1v) is 9.95. The van der Waals surface area contributed by atoms with Gasteiger partial charge in [0.15, 0.2) is 0 Å². The Kier molecular flexibility index (Phi) is 5.36. The van der Waals surface area contributed by atoms with Gasteiger partial charge in [0.25, 0.3) is 5.91 Å². The molecule has 4 nitrogen and oxygen atoms in total. The van der Waals surface area contributed by atoms with Gasteiger partial charge in [-0.05, 0) is 41.3 Å². The number of amides is 2. The Morgan fingerprint density at radius 2 is 1.62 bits per heavy atom. The maximum absolute atomic E-state index is 12.6. The van der Waals surface area contributed by atoms with Crippen molar-refractivity contribution in [3.8, 4) is 0 Å². The van der Waals surface area contributed by atoms with Crippen LogP contribution in [0.5, 0.6) is 0 Å². The lowest BCUT2D eigenvalue weighted by atomic mass is 9.81. The smallest absolute Gasteiger partial charge is 0.252 e. The summed E-state index contributed by atoms with van der Waals surface area (Å²) in [4.78, 5) is 25.0. The Balaban J connectivity index is 1.56. The molecule has 0 fully saturated rings. The van der Waals surface area contributed by atoms with Gasteiger partial charge in [-0.25, -0.2) is 0 Å². The fourth-order valence-corrected chi connectivity index (χ4v) is 4.04. The topological polar surface area (TPSA) is 58.2 Å². The molecule has 1 unspecified atom stereocenters. The summed E-state index contributed by atoms with van der Waals surface area (Å²) in [7, 11) is 0. The van der Waals surface area contributed by atoms with Crippen molar-refractivity contribution >= 4 is 23.4 Å². The molecule has 1 aliphatic rings. The zero-order valence-electron chi connectivity index (χ0n) is 15.8. The second kappa shape index (κ2) is 8.10. The molecule has 146 valence electrons. The lowest BCUT2D eigenvalue weighted by molar-refractivity contribution is -0.120. The Hall–Kier alpha value is -3.11. The van der Waals surface area contributed by atoms with E-state index in [2.05, 4.69) is 10.6 Å².